The van der Waals surface area contributed by atoms with Crippen LogP contribution >= 0.6 is 0 Å². The normalized spacial score (nSPS) is 17.0. The number of fused-ring (bicyclic) bond motifs is 2. The number of hydrogen-bond acceptors (Lipinski definition) is 12. The van der Waals surface area contributed by atoms with Crippen molar-refractivity contribution in [2.24, 2.45) is 0 Å². The first kappa shape index (κ1) is 54.2. The van der Waals surface area contributed by atoms with Crippen LogP contribution in [0.15, 0.2) is 24.3 Å². The van der Waals surface area contributed by atoms with Gasteiger partial charge in [0.05, 0.1) is 30.7 Å². The number of ether oxygens (including phenoxy) is 1. The minimum Gasteiger partial charge on any atom is -0.870 e. The number of carboxylic acid groups (broad SMARTS) is 1. The summed E-state index contributed by atoms with van der Waals surface area (Å²) in [5.74, 6) is 0.880. The zero-order valence-corrected chi connectivity index (χ0v) is 35.1. The number of hydrogen-bond donors (Lipinski definition) is 5. The number of likely N-dealkylation sites (tertiary alicyclic amines) is 2. The van der Waals surface area contributed by atoms with Crippen molar-refractivity contribution < 1.29 is 69.0 Å². The number of amides is 2. The molecule has 0 atom stereocenters. The molecule has 0 unspecified atom stereocenters. The van der Waals surface area contributed by atoms with Crippen LogP contribution in [0.4, 0.5) is 11.6 Å². The van der Waals surface area contributed by atoms with E-state index in [4.69, 9.17) is 14.8 Å². The number of anilines is 2. The summed E-state index contributed by atoms with van der Waals surface area (Å²) in [6.07, 6.45) is 12.0. The number of esters is 1. The Kier molecular flexibility index (Phi) is 24.0. The number of unbranched alkanes of at least 4 members (excludes halogenated alkanes) is 2. The molecule has 17 heteroatoms. The Balaban J connectivity index is 0.000000564. The van der Waals surface area contributed by atoms with Crippen molar-refractivity contribution in [2.45, 2.75) is 141 Å². The summed E-state index contributed by atoms with van der Waals surface area (Å²) in [4.78, 5) is 60.2. The van der Waals surface area contributed by atoms with E-state index >= 15 is 0 Å². The van der Waals surface area contributed by atoms with Crippen LogP contribution in [0.3, 0.4) is 0 Å². The van der Waals surface area contributed by atoms with E-state index in [0.29, 0.717) is 71.3 Å². The standard InChI is InChI=1S/C22H33N3O4.C20H29N3O4.CH4.Li.2H2O/c1-2-29-20(27)16-22(28)11-14-25(15-12-22)19(26)8-4-3-7-18-10-9-17-6-5-13-23-21(17)24-18;24-17(23-12-9-20(27,10-13-23)14-18(25)26)6-2-1-5-16-8-7-15-4-3-11-21-19(15)22-16;;;;/h9-10,28H,2-8,11-16H2,1H3,(H,23,24);7-8,27H,1-6,9-14H2,(H,21,22)(H,25,26);1H4;;2*1H2/q;;;+1;;/p-1. The second-order valence-corrected chi connectivity index (χ2v) is 15.9. The monoisotopic (exact) mass is 837 g/mol. The maximum Gasteiger partial charge on any atom is 1.00 e. The van der Waals surface area contributed by atoms with E-state index in [9.17, 15) is 29.4 Å². The first-order valence-corrected chi connectivity index (χ1v) is 20.8. The zero-order chi connectivity index (χ0) is 40.0. The van der Waals surface area contributed by atoms with Crippen molar-refractivity contribution in [1.29, 1.82) is 0 Å². The molecule has 2 amide bonds. The van der Waals surface area contributed by atoms with E-state index in [0.717, 1.165) is 100 Å². The molecule has 60 heavy (non-hydrogen) atoms. The second kappa shape index (κ2) is 26.5. The largest absolute Gasteiger partial charge is 1.00 e. The van der Waals surface area contributed by atoms with Gasteiger partial charge in [0.1, 0.15) is 11.6 Å². The molecule has 0 bridgehead atoms. The Morgan fingerprint density at radius 3 is 1.53 bits per heavy atom. The molecule has 0 spiro atoms. The van der Waals surface area contributed by atoms with Gasteiger partial charge in [-0.25, -0.2) is 9.97 Å². The van der Waals surface area contributed by atoms with Crippen molar-refractivity contribution in [3.63, 3.8) is 0 Å². The van der Waals surface area contributed by atoms with Gasteiger partial charge in [0.15, 0.2) is 0 Å². The third-order valence-electron chi connectivity index (χ3n) is 11.4. The molecule has 2 fully saturated rings. The van der Waals surface area contributed by atoms with Gasteiger partial charge in [-0.05, 0) is 120 Å². The first-order valence-electron chi connectivity index (χ1n) is 20.8. The summed E-state index contributed by atoms with van der Waals surface area (Å²) in [5.41, 5.74) is 2.50. The number of pyridine rings is 2. The summed E-state index contributed by atoms with van der Waals surface area (Å²) in [6, 6.07) is 8.51. The van der Waals surface area contributed by atoms with Crippen LogP contribution in [0.2, 0.25) is 0 Å². The minimum absolute atomic E-state index is 0. The Bertz CT molecular complexity index is 1650. The number of aryl methyl sites for hydroxylation is 4. The molecule has 4 aliphatic heterocycles. The van der Waals surface area contributed by atoms with Crippen LogP contribution in [0.1, 0.15) is 127 Å². The molecule has 6 rings (SSSR count). The summed E-state index contributed by atoms with van der Waals surface area (Å²) in [6.45, 7) is 5.89. The van der Waals surface area contributed by atoms with Crippen LogP contribution in [0, 0.1) is 0 Å². The number of carbonyl (C=O) groups excluding carboxylic acids is 3. The second-order valence-electron chi connectivity index (χ2n) is 15.9. The van der Waals surface area contributed by atoms with Crippen LogP contribution in [-0.4, -0.2) is 127 Å². The molecule has 0 aliphatic carbocycles. The molecule has 4 aliphatic rings. The fourth-order valence-corrected chi connectivity index (χ4v) is 7.96. The molecular formula is C43H69LiN6O10. The van der Waals surface area contributed by atoms with E-state index in [1.807, 2.05) is 0 Å². The number of aliphatic carboxylic acids is 1. The van der Waals surface area contributed by atoms with Crippen LogP contribution < -0.4 is 29.5 Å². The maximum atomic E-state index is 12.5. The molecule has 2 aromatic rings. The van der Waals surface area contributed by atoms with Crippen LogP contribution in [0.25, 0.3) is 0 Å². The number of carboxylic acids is 1. The number of aromatic nitrogens is 2. The minimum atomic E-state index is -1.17. The molecule has 0 saturated carbocycles. The number of nitrogens with zero attached hydrogens (tertiary/aromatic N) is 4. The predicted octanol–water partition coefficient (Wildman–Crippen LogP) is 1.08. The van der Waals surface area contributed by atoms with Gasteiger partial charge >= 0.3 is 30.8 Å². The molecule has 8 N–H and O–H groups in total. The van der Waals surface area contributed by atoms with Gasteiger partial charge in [-0.1, -0.05) is 19.6 Å². The Hall–Kier alpha value is -3.78. The Labute approximate surface area is 367 Å². The predicted molar refractivity (Wildman–Crippen MR) is 225 cm³/mol. The molecular weight excluding hydrogens is 767 g/mol. The van der Waals surface area contributed by atoms with Gasteiger partial charge in [-0.3, -0.25) is 19.2 Å². The molecule has 332 valence electrons. The SMILES string of the molecule is C.CCOC(=O)CC1(O)CCN(C(=O)CCCCc2ccc3c(n2)NCCC3)CC1.O.O=C(O)CC1(O)CCN(C(=O)CCCCc2ccc3c(n2)NCCC3)CC1.[Li+].[OH-]. The van der Waals surface area contributed by atoms with E-state index in [-0.39, 0.29) is 67.9 Å². The average molecular weight is 837 g/mol. The number of aliphatic hydroxyl groups is 2. The van der Waals surface area contributed by atoms with E-state index in [1.165, 1.54) is 11.1 Å². The quantitative estimate of drug-likeness (QED) is 0.0958. The third kappa shape index (κ3) is 16.9. The molecule has 2 aromatic heterocycles. The Morgan fingerprint density at radius 2 is 1.13 bits per heavy atom. The van der Waals surface area contributed by atoms with E-state index in [2.05, 4.69) is 39.9 Å². The number of carbonyl (C=O) groups is 4. The Morgan fingerprint density at radius 1 is 0.717 bits per heavy atom. The van der Waals surface area contributed by atoms with E-state index in [1.54, 1.807) is 16.7 Å². The van der Waals surface area contributed by atoms with E-state index < -0.39 is 17.2 Å². The molecule has 6 heterocycles. The van der Waals surface area contributed by atoms with Crippen molar-refractivity contribution in [3.05, 3.63) is 46.8 Å². The van der Waals surface area contributed by atoms with Crippen molar-refractivity contribution in [1.82, 2.24) is 19.8 Å². The maximum absolute atomic E-state index is 12.5. The average Bonchev–Trinajstić information content (AvgIpc) is 3.18. The van der Waals surface area contributed by atoms with Crippen molar-refractivity contribution in [2.75, 3.05) is 56.5 Å². The fourth-order valence-electron chi connectivity index (χ4n) is 7.96. The summed E-state index contributed by atoms with van der Waals surface area (Å²) in [7, 11) is 0. The molecule has 2 saturated heterocycles. The summed E-state index contributed by atoms with van der Waals surface area (Å²) < 4.78 is 4.93. The van der Waals surface area contributed by atoms with Gasteiger partial charge in [0, 0.05) is 63.5 Å². The van der Waals surface area contributed by atoms with Crippen LogP contribution in [-0.2, 0) is 49.6 Å². The first-order chi connectivity index (χ1) is 26.9. The number of rotatable bonds is 15. The molecule has 0 radical (unpaired) electrons. The smallest absolute Gasteiger partial charge is 0.870 e. The fraction of sp³-hybridized carbons (Fsp3) is 0.674. The van der Waals surface area contributed by atoms with Crippen molar-refractivity contribution >= 4 is 35.4 Å². The topological polar surface area (TPSA) is 256 Å². The number of nitrogens with one attached hydrogen (secondary N) is 2. The summed E-state index contributed by atoms with van der Waals surface area (Å²) in [5, 5.41) is 36.3. The molecule has 16 nitrogen and oxygen atoms in total. The van der Waals surface area contributed by atoms with Gasteiger partial charge in [-0.15, -0.1) is 0 Å². The summed E-state index contributed by atoms with van der Waals surface area (Å²) >= 11 is 0. The third-order valence-corrected chi connectivity index (χ3v) is 11.4. The zero-order valence-electron chi connectivity index (χ0n) is 35.1. The molecule has 0 aromatic carbocycles. The van der Waals surface area contributed by atoms with Crippen LogP contribution in [0.5, 0.6) is 0 Å². The van der Waals surface area contributed by atoms with Gasteiger partial charge in [-0.2, -0.15) is 0 Å². The number of piperidine rings is 2. The van der Waals surface area contributed by atoms with Gasteiger partial charge in [0.25, 0.3) is 0 Å². The van der Waals surface area contributed by atoms with Gasteiger partial charge in [0.2, 0.25) is 11.8 Å². The van der Waals surface area contributed by atoms with Gasteiger partial charge < -0.3 is 51.4 Å². The van der Waals surface area contributed by atoms with Crippen molar-refractivity contribution in [3.8, 4) is 0 Å².